The molecule has 0 amide bonds. The van der Waals surface area contributed by atoms with Crippen LogP contribution in [0.3, 0.4) is 0 Å². The largest absolute Gasteiger partial charge is 0.464 e. The van der Waals surface area contributed by atoms with Crippen molar-refractivity contribution in [3.63, 3.8) is 0 Å². The molecule has 1 aromatic carbocycles. The van der Waals surface area contributed by atoms with E-state index in [2.05, 4.69) is 15.3 Å². The monoisotopic (exact) mass is 355 g/mol. The van der Waals surface area contributed by atoms with E-state index in [1.807, 2.05) is 39.0 Å². The Labute approximate surface area is 150 Å². The predicted octanol–water partition coefficient (Wildman–Crippen LogP) is 2.11. The summed E-state index contributed by atoms with van der Waals surface area (Å²) in [4.78, 5) is 29.3. The summed E-state index contributed by atoms with van der Waals surface area (Å²) < 4.78 is 7.85. The van der Waals surface area contributed by atoms with Gasteiger partial charge >= 0.3 is 5.97 Å². The summed E-state index contributed by atoms with van der Waals surface area (Å²) in [6.07, 6.45) is 1.77. The molecule has 3 aromatic rings. The summed E-state index contributed by atoms with van der Waals surface area (Å²) in [5.41, 5.74) is 3.00. The number of ether oxygens (including phenoxy) is 1. The zero-order valence-corrected chi connectivity index (χ0v) is 15.3. The molecule has 1 atom stereocenters. The van der Waals surface area contributed by atoms with Crippen molar-refractivity contribution in [2.75, 3.05) is 6.61 Å². The van der Waals surface area contributed by atoms with Crippen LogP contribution in [0.5, 0.6) is 0 Å². The van der Waals surface area contributed by atoms with Crippen molar-refractivity contribution in [2.45, 2.75) is 40.2 Å². The molecular weight excluding hydrogens is 334 g/mol. The second-order valence-corrected chi connectivity index (χ2v) is 6.15. The first-order chi connectivity index (χ1) is 12.5. The van der Waals surface area contributed by atoms with Crippen molar-refractivity contribution < 1.29 is 9.53 Å². The Bertz CT molecular complexity index is 1000. The van der Waals surface area contributed by atoms with E-state index in [1.165, 1.54) is 15.6 Å². The normalized spacial score (nSPS) is 12.3. The van der Waals surface area contributed by atoms with Gasteiger partial charge in [-0.3, -0.25) is 9.36 Å². The Morgan fingerprint density at radius 2 is 1.88 bits per heavy atom. The zero-order chi connectivity index (χ0) is 18.8. The molecule has 8 nitrogen and oxygen atoms in total. The highest BCUT2D eigenvalue weighted by atomic mass is 16.5. The summed E-state index contributed by atoms with van der Waals surface area (Å²) in [7, 11) is 0. The lowest BCUT2D eigenvalue weighted by Crippen LogP contribution is -2.31. The van der Waals surface area contributed by atoms with Gasteiger partial charge in [-0.2, -0.15) is 4.68 Å². The van der Waals surface area contributed by atoms with Crippen LogP contribution in [0.25, 0.3) is 16.9 Å². The first kappa shape index (κ1) is 17.8. The van der Waals surface area contributed by atoms with E-state index >= 15 is 0 Å². The molecule has 2 heterocycles. The van der Waals surface area contributed by atoms with Crippen molar-refractivity contribution in [2.24, 2.45) is 0 Å². The lowest BCUT2D eigenvalue weighted by atomic mass is 10.1. The summed E-state index contributed by atoms with van der Waals surface area (Å²) in [5.74, 6) is -0.458. The fourth-order valence-corrected chi connectivity index (χ4v) is 3.01. The van der Waals surface area contributed by atoms with Crippen LogP contribution in [-0.2, 0) is 9.53 Å². The summed E-state index contributed by atoms with van der Waals surface area (Å²) in [5, 5.41) is 8.09. The molecule has 0 aliphatic rings. The molecule has 0 spiro atoms. The average molecular weight is 355 g/mol. The van der Waals surface area contributed by atoms with Crippen molar-refractivity contribution in [3.8, 4) is 5.69 Å². The van der Waals surface area contributed by atoms with Crippen LogP contribution in [0.4, 0.5) is 0 Å². The van der Waals surface area contributed by atoms with Gasteiger partial charge in [-0.05, 0) is 50.5 Å². The summed E-state index contributed by atoms with van der Waals surface area (Å²) in [6, 6.07) is 5.21. The number of nitrogens with zero attached hydrogens (tertiary/aromatic N) is 5. The zero-order valence-electron chi connectivity index (χ0n) is 15.3. The Morgan fingerprint density at radius 1 is 1.19 bits per heavy atom. The number of carbonyl (C=O) groups is 1. The number of esters is 1. The minimum absolute atomic E-state index is 0.120. The number of rotatable bonds is 5. The van der Waals surface area contributed by atoms with Crippen LogP contribution < -0.4 is 5.56 Å². The number of fused-ring (bicyclic) bond motifs is 1. The fraction of sp³-hybridized carbons (Fsp3) is 0.389. The van der Waals surface area contributed by atoms with Crippen LogP contribution in [0.2, 0.25) is 0 Å². The highest BCUT2D eigenvalue weighted by molar-refractivity contribution is 5.75. The third-order valence-electron chi connectivity index (χ3n) is 4.12. The van der Waals surface area contributed by atoms with Gasteiger partial charge < -0.3 is 4.74 Å². The molecule has 0 N–H and O–H groups in total. The maximum atomic E-state index is 12.8. The van der Waals surface area contributed by atoms with Crippen LogP contribution in [-0.4, -0.2) is 37.1 Å². The molecule has 3 rings (SSSR count). The topological polar surface area (TPSA) is 91.9 Å². The van der Waals surface area contributed by atoms with E-state index in [1.54, 1.807) is 6.92 Å². The molecule has 0 radical (unpaired) electrons. The number of aryl methyl sites for hydroxylation is 2. The molecule has 0 aliphatic heterocycles. The van der Waals surface area contributed by atoms with Crippen molar-refractivity contribution in [1.82, 2.24) is 24.5 Å². The van der Waals surface area contributed by atoms with Gasteiger partial charge in [0.15, 0.2) is 11.2 Å². The number of hydrogen-bond acceptors (Lipinski definition) is 6. The summed E-state index contributed by atoms with van der Waals surface area (Å²) >= 11 is 0. The quantitative estimate of drug-likeness (QED) is 0.651. The van der Waals surface area contributed by atoms with Crippen LogP contribution in [0.1, 0.15) is 37.4 Å². The van der Waals surface area contributed by atoms with E-state index in [0.717, 1.165) is 16.8 Å². The average Bonchev–Trinajstić information content (AvgIpc) is 3.02. The molecule has 26 heavy (non-hydrogen) atoms. The molecule has 0 saturated carbocycles. The third-order valence-corrected chi connectivity index (χ3v) is 4.12. The number of aromatic nitrogens is 5. The van der Waals surface area contributed by atoms with Gasteiger partial charge in [0.2, 0.25) is 0 Å². The maximum absolute atomic E-state index is 12.8. The smallest absolute Gasteiger partial charge is 0.329 e. The molecule has 0 fully saturated rings. The lowest BCUT2D eigenvalue weighted by molar-refractivity contribution is -0.147. The Kier molecular flexibility index (Phi) is 4.83. The molecule has 1 unspecified atom stereocenters. The van der Waals surface area contributed by atoms with E-state index in [4.69, 9.17) is 4.74 Å². The van der Waals surface area contributed by atoms with Crippen LogP contribution >= 0.6 is 0 Å². The third kappa shape index (κ3) is 3.10. The van der Waals surface area contributed by atoms with Gasteiger partial charge in [0.1, 0.15) is 12.4 Å². The van der Waals surface area contributed by atoms with Gasteiger partial charge in [-0.1, -0.05) is 18.2 Å². The van der Waals surface area contributed by atoms with Gasteiger partial charge in [0.05, 0.1) is 12.3 Å². The minimum Gasteiger partial charge on any atom is -0.464 e. The van der Waals surface area contributed by atoms with E-state index in [-0.39, 0.29) is 12.1 Å². The second kappa shape index (κ2) is 7.07. The highest BCUT2D eigenvalue weighted by Crippen LogP contribution is 2.17. The van der Waals surface area contributed by atoms with Crippen molar-refractivity contribution in [1.29, 1.82) is 0 Å². The standard InChI is InChI=1S/C18H21N5O3/c1-5-14(18(25)26-6-2)22-10-19-16-15(17(22)24)20-21-23(16)13-8-11(3)7-12(4)9-13/h7-10,14H,5-6H2,1-4H3. The Hall–Kier alpha value is -3.03. The first-order valence-electron chi connectivity index (χ1n) is 8.54. The molecule has 0 bridgehead atoms. The second-order valence-electron chi connectivity index (χ2n) is 6.15. The van der Waals surface area contributed by atoms with Gasteiger partial charge in [-0.25, -0.2) is 9.78 Å². The SMILES string of the molecule is CCOC(=O)C(CC)n1cnc2c(nnn2-c2cc(C)cc(C)c2)c1=O. The fourth-order valence-electron chi connectivity index (χ4n) is 3.01. The molecule has 136 valence electrons. The van der Waals surface area contributed by atoms with Crippen molar-refractivity contribution >= 4 is 17.1 Å². The highest BCUT2D eigenvalue weighted by Gasteiger charge is 2.23. The first-order valence-corrected chi connectivity index (χ1v) is 8.54. The molecule has 8 heteroatoms. The van der Waals surface area contributed by atoms with Gasteiger partial charge in [0.25, 0.3) is 5.56 Å². The molecule has 0 saturated heterocycles. The molecule has 0 aliphatic carbocycles. The number of hydrogen-bond donors (Lipinski definition) is 0. The van der Waals surface area contributed by atoms with Gasteiger partial charge in [-0.15, -0.1) is 5.10 Å². The van der Waals surface area contributed by atoms with Crippen LogP contribution in [0, 0.1) is 13.8 Å². The van der Waals surface area contributed by atoms with Crippen molar-refractivity contribution in [3.05, 3.63) is 46.0 Å². The maximum Gasteiger partial charge on any atom is 0.329 e. The van der Waals surface area contributed by atoms with E-state index < -0.39 is 17.6 Å². The Morgan fingerprint density at radius 3 is 2.50 bits per heavy atom. The van der Waals surface area contributed by atoms with Gasteiger partial charge in [0, 0.05) is 0 Å². The Balaban J connectivity index is 2.12. The molecular formula is C18H21N5O3. The van der Waals surface area contributed by atoms with E-state index in [9.17, 15) is 9.59 Å². The molecule has 2 aromatic heterocycles. The number of carbonyl (C=O) groups excluding carboxylic acids is 1. The summed E-state index contributed by atoms with van der Waals surface area (Å²) in [6.45, 7) is 7.76. The minimum atomic E-state index is -0.731. The van der Waals surface area contributed by atoms with E-state index in [0.29, 0.717) is 12.1 Å². The number of benzene rings is 1. The van der Waals surface area contributed by atoms with Crippen LogP contribution in [0.15, 0.2) is 29.3 Å². The predicted molar refractivity (Wildman–Crippen MR) is 96.4 cm³/mol. The lowest BCUT2D eigenvalue weighted by Gasteiger charge is -2.15.